The Bertz CT molecular complexity index is 732. The monoisotopic (exact) mass is 398 g/mol. The Labute approximate surface area is 172 Å². The van der Waals surface area contributed by atoms with Gasteiger partial charge in [0.1, 0.15) is 0 Å². The van der Waals surface area contributed by atoms with Crippen LogP contribution in [0.3, 0.4) is 0 Å². The smallest absolute Gasteiger partial charge is 0.320 e. The Balaban J connectivity index is 0.000000130. The van der Waals surface area contributed by atoms with Crippen LogP contribution in [0.5, 0.6) is 0 Å². The summed E-state index contributed by atoms with van der Waals surface area (Å²) in [5.41, 5.74) is 1.83. The van der Waals surface area contributed by atoms with E-state index in [1.54, 1.807) is 12.4 Å². The summed E-state index contributed by atoms with van der Waals surface area (Å²) in [6, 6.07) is 11.6. The van der Waals surface area contributed by atoms with Crippen LogP contribution in [0.15, 0.2) is 73.1 Å². The van der Waals surface area contributed by atoms with Crippen molar-refractivity contribution in [1.29, 1.82) is 0 Å². The average Bonchev–Trinajstić information content (AvgIpc) is 3.51. The van der Waals surface area contributed by atoms with Crippen molar-refractivity contribution in [3.8, 4) is 11.4 Å². The molecule has 3 heteroatoms. The van der Waals surface area contributed by atoms with Gasteiger partial charge < -0.3 is 12.8 Å². The molecule has 0 radical (unpaired) electrons. The van der Waals surface area contributed by atoms with Crippen LogP contribution in [0.2, 0.25) is 0 Å². The minimum Gasteiger partial charge on any atom is -0.320 e. The van der Waals surface area contributed by atoms with Crippen molar-refractivity contribution in [1.82, 2.24) is 9.97 Å². The Hall–Kier alpha value is -1.73. The minimum absolute atomic E-state index is 0. The molecule has 2 fully saturated rings. The van der Waals surface area contributed by atoms with Gasteiger partial charge in [-0.2, -0.15) is 11.8 Å². The summed E-state index contributed by atoms with van der Waals surface area (Å²) >= 11 is 0. The topological polar surface area (TPSA) is 25.8 Å². The van der Waals surface area contributed by atoms with Crippen LogP contribution in [0.1, 0.15) is 12.8 Å². The summed E-state index contributed by atoms with van der Waals surface area (Å²) in [5.74, 6) is 5.17. The molecule has 140 valence electrons. The van der Waals surface area contributed by atoms with Gasteiger partial charge in [-0.25, -0.2) is 0 Å². The van der Waals surface area contributed by atoms with E-state index < -0.39 is 0 Å². The molecule has 0 aromatic carbocycles. The van der Waals surface area contributed by atoms with E-state index in [1.807, 2.05) is 36.4 Å². The molecule has 27 heavy (non-hydrogen) atoms. The van der Waals surface area contributed by atoms with E-state index in [2.05, 4.69) is 47.1 Å². The fourth-order valence-corrected chi connectivity index (χ4v) is 5.08. The fraction of sp³-hybridized carbons (Fsp3) is 0.333. The van der Waals surface area contributed by atoms with Gasteiger partial charge in [-0.05, 0) is 24.3 Å². The number of rotatable bonds is 2. The molecule has 2 nitrogen and oxygen atoms in total. The van der Waals surface area contributed by atoms with Gasteiger partial charge in [0.05, 0.1) is 11.4 Å². The summed E-state index contributed by atoms with van der Waals surface area (Å²) in [7, 11) is 0. The van der Waals surface area contributed by atoms with Crippen molar-refractivity contribution >= 4 is 0 Å². The van der Waals surface area contributed by atoms with Crippen molar-refractivity contribution < 1.29 is 16.5 Å². The summed E-state index contributed by atoms with van der Waals surface area (Å²) in [6.07, 6.45) is 21.4. The van der Waals surface area contributed by atoms with E-state index in [0.717, 1.165) is 46.9 Å². The van der Waals surface area contributed by atoms with Gasteiger partial charge in [-0.1, -0.05) is 49.0 Å². The Morgan fingerprint density at radius 2 is 1.15 bits per heavy atom. The van der Waals surface area contributed by atoms with Crippen LogP contribution in [0, 0.1) is 48.3 Å². The first-order chi connectivity index (χ1) is 12.9. The van der Waals surface area contributed by atoms with Crippen LogP contribution >= 0.6 is 0 Å². The first kappa shape index (κ1) is 18.6. The number of allylic oxidation sites excluding steroid dienone is 4. The van der Waals surface area contributed by atoms with Gasteiger partial charge >= 0.3 is 16.5 Å². The number of nitrogens with zero attached hydrogens (tertiary/aromatic N) is 2. The molecule has 4 aliphatic carbocycles. The number of pyridine rings is 2. The number of fused-ring (bicyclic) bond motifs is 4. The van der Waals surface area contributed by atoms with Gasteiger partial charge in [-0.3, -0.25) is 9.97 Å². The Morgan fingerprint density at radius 1 is 0.667 bits per heavy atom. The molecule has 0 spiro atoms. The van der Waals surface area contributed by atoms with E-state index in [-0.39, 0.29) is 16.5 Å². The van der Waals surface area contributed by atoms with Gasteiger partial charge in [-0.15, -0.1) is 24.0 Å². The first-order valence-corrected chi connectivity index (χ1v) is 9.76. The third-order valence-electron chi connectivity index (χ3n) is 6.26. The number of aromatic nitrogens is 2. The van der Waals surface area contributed by atoms with E-state index in [1.165, 1.54) is 12.8 Å². The van der Waals surface area contributed by atoms with E-state index >= 15 is 0 Å². The molecule has 0 aliphatic heterocycles. The summed E-state index contributed by atoms with van der Waals surface area (Å²) < 4.78 is 0. The molecule has 4 aliphatic rings. The van der Waals surface area contributed by atoms with Crippen molar-refractivity contribution in [3.63, 3.8) is 0 Å². The Kier molecular flexibility index (Phi) is 5.59. The second-order valence-corrected chi connectivity index (χ2v) is 7.87. The van der Waals surface area contributed by atoms with Crippen molar-refractivity contribution in [2.24, 2.45) is 35.5 Å². The SMILES string of the molecule is C1=C[C@@H]2C[C@H]1[CH-]C2C1[CH-][C@@H]2C=C[C@H]1C2.[Ni+2].c1ccc(-c2ccccn2)nc1. The van der Waals surface area contributed by atoms with Crippen LogP contribution in [0.4, 0.5) is 0 Å². The predicted octanol–water partition coefficient (Wildman–Crippen LogP) is 5.18. The van der Waals surface area contributed by atoms with Crippen LogP contribution in [0.25, 0.3) is 11.4 Å². The third kappa shape index (κ3) is 3.80. The van der Waals surface area contributed by atoms with Gasteiger partial charge in [0, 0.05) is 12.4 Å². The summed E-state index contributed by atoms with van der Waals surface area (Å²) in [4.78, 5) is 8.37. The number of hydrogen-bond donors (Lipinski definition) is 0. The number of hydrogen-bond acceptors (Lipinski definition) is 2. The maximum absolute atomic E-state index is 4.19. The molecular weight excluding hydrogens is 375 g/mol. The summed E-state index contributed by atoms with van der Waals surface area (Å²) in [6.45, 7) is 0. The second kappa shape index (κ2) is 8.11. The molecular formula is C24H24N2Ni. The molecule has 0 amide bonds. The van der Waals surface area contributed by atoms with Crippen LogP contribution in [-0.2, 0) is 16.5 Å². The Morgan fingerprint density at radius 3 is 1.44 bits per heavy atom. The molecule has 2 saturated carbocycles. The average molecular weight is 399 g/mol. The maximum Gasteiger partial charge on any atom is 2.00 e. The van der Waals surface area contributed by atoms with Gasteiger partial charge in [0.25, 0.3) is 0 Å². The van der Waals surface area contributed by atoms with Crippen molar-refractivity contribution in [3.05, 3.63) is 85.9 Å². The zero-order valence-corrected chi connectivity index (χ0v) is 16.2. The molecule has 4 bridgehead atoms. The molecule has 0 saturated heterocycles. The normalized spacial score (nSPS) is 34.2. The fourth-order valence-electron chi connectivity index (χ4n) is 5.08. The first-order valence-electron chi connectivity index (χ1n) is 9.76. The molecule has 2 unspecified atom stereocenters. The molecule has 6 rings (SSSR count). The van der Waals surface area contributed by atoms with E-state index in [4.69, 9.17) is 0 Å². The maximum atomic E-state index is 4.19. The minimum atomic E-state index is 0. The standard InChI is InChI=1S/C14H16.C10H8N2.Ni/c1-3-11-5-9(1)7-13(11)14-8-10-2-4-12(14)6-10;1-3-7-11-9(5-1)10-6-2-4-8-12-10;/h1-4,7-14H,5-6H2;1-8H;/q-2;;+2/t9-,10+,11+,12-,13?,14?;;. The van der Waals surface area contributed by atoms with Gasteiger partial charge in [0.2, 0.25) is 0 Å². The van der Waals surface area contributed by atoms with Crippen molar-refractivity contribution in [2.45, 2.75) is 12.8 Å². The van der Waals surface area contributed by atoms with E-state index in [9.17, 15) is 0 Å². The molecule has 6 atom stereocenters. The van der Waals surface area contributed by atoms with Crippen LogP contribution < -0.4 is 0 Å². The molecule has 2 aromatic heterocycles. The molecule has 2 heterocycles. The largest absolute Gasteiger partial charge is 2.00 e. The molecule has 2 aromatic rings. The third-order valence-corrected chi connectivity index (χ3v) is 6.26. The molecule has 0 N–H and O–H groups in total. The van der Waals surface area contributed by atoms with Crippen LogP contribution in [-0.4, -0.2) is 9.97 Å². The van der Waals surface area contributed by atoms with E-state index in [0.29, 0.717) is 0 Å². The predicted molar refractivity (Wildman–Crippen MR) is 105 cm³/mol. The zero-order chi connectivity index (χ0) is 17.3. The quantitative estimate of drug-likeness (QED) is 0.395. The summed E-state index contributed by atoms with van der Waals surface area (Å²) in [5, 5.41) is 0. The van der Waals surface area contributed by atoms with Crippen molar-refractivity contribution in [2.75, 3.05) is 0 Å². The zero-order valence-electron chi connectivity index (χ0n) is 15.2. The second-order valence-electron chi connectivity index (χ2n) is 7.87. The van der Waals surface area contributed by atoms with Gasteiger partial charge in [0.15, 0.2) is 0 Å².